The van der Waals surface area contributed by atoms with Gasteiger partial charge in [-0.1, -0.05) is 60.7 Å². The van der Waals surface area contributed by atoms with Gasteiger partial charge in [-0.3, -0.25) is 4.90 Å². The summed E-state index contributed by atoms with van der Waals surface area (Å²) in [6.07, 6.45) is -9.01. The van der Waals surface area contributed by atoms with Crippen LogP contribution in [0, 0.1) is 0 Å². The molecule has 24 nitrogen and oxygen atoms in total. The molecule has 0 fully saturated rings. The third kappa shape index (κ3) is 31.6. The molecule has 2 aromatic carbocycles. The third-order valence-electron chi connectivity index (χ3n) is 11.0. The molecule has 0 aromatic heterocycles. The van der Waals surface area contributed by atoms with Gasteiger partial charge >= 0.3 is 0 Å². The van der Waals surface area contributed by atoms with Gasteiger partial charge in [0.1, 0.15) is 67.1 Å². The van der Waals surface area contributed by atoms with E-state index in [0.29, 0.717) is 6.61 Å². The van der Waals surface area contributed by atoms with Gasteiger partial charge in [-0.2, -0.15) is 0 Å². The molecule has 0 radical (unpaired) electrons. The van der Waals surface area contributed by atoms with Crippen molar-refractivity contribution in [1.29, 1.82) is 0 Å². The summed E-state index contributed by atoms with van der Waals surface area (Å²) < 4.78 is 62.0. The van der Waals surface area contributed by atoms with Crippen LogP contribution in [0.25, 0.3) is 0 Å². The molecule has 24 heteroatoms. The summed E-state index contributed by atoms with van der Waals surface area (Å²) in [5.41, 5.74) is 2.43. The van der Waals surface area contributed by atoms with Gasteiger partial charge in [-0.05, 0) is 17.5 Å². The molecule has 0 bridgehead atoms. The molecular formula is C50H87NO23. The molecule has 74 heavy (non-hydrogen) atoms. The topological polar surface area (TPSA) is 348 Å². The van der Waals surface area contributed by atoms with Crippen molar-refractivity contribution >= 4 is 0 Å². The van der Waals surface area contributed by atoms with E-state index in [0.717, 1.165) is 26.1 Å². The Bertz CT molecular complexity index is 1490. The maximum Gasteiger partial charge on any atom is 0.104 e. The van der Waals surface area contributed by atoms with Crippen molar-refractivity contribution in [3.05, 3.63) is 71.8 Å². The Morgan fingerprint density at radius 2 is 0.554 bits per heavy atom. The van der Waals surface area contributed by atoms with Crippen molar-refractivity contribution in [1.82, 2.24) is 4.90 Å². The van der Waals surface area contributed by atoms with E-state index >= 15 is 0 Å². The zero-order chi connectivity index (χ0) is 54.0. The third-order valence-corrected chi connectivity index (χ3v) is 11.0. The summed E-state index contributed by atoms with van der Waals surface area (Å²) in [4.78, 5) is 2.35. The van der Waals surface area contributed by atoms with Crippen LogP contribution in [-0.2, 0) is 65.2 Å². The number of rotatable bonds is 51. The van der Waals surface area contributed by atoms with Crippen LogP contribution in [0.2, 0.25) is 0 Å². The van der Waals surface area contributed by atoms with Crippen molar-refractivity contribution in [2.24, 2.45) is 0 Å². The van der Waals surface area contributed by atoms with Crippen LogP contribution < -0.4 is 0 Å². The number of aliphatic hydroxyl groups excluding tert-OH is 12. The minimum Gasteiger partial charge on any atom is -0.394 e. The molecule has 0 aliphatic carbocycles. The molecule has 430 valence electrons. The summed E-state index contributed by atoms with van der Waals surface area (Å²) in [6, 6.07) is 20.5. The Hall–Kier alpha value is -2.52. The lowest BCUT2D eigenvalue weighted by Gasteiger charge is -2.26. The molecule has 11 unspecified atom stereocenters. The molecule has 0 aliphatic rings. The van der Waals surface area contributed by atoms with Crippen molar-refractivity contribution in [3.8, 4) is 0 Å². The highest BCUT2D eigenvalue weighted by molar-refractivity contribution is 5.17. The van der Waals surface area contributed by atoms with Crippen LogP contribution in [0.1, 0.15) is 17.5 Å². The molecule has 2 rings (SSSR count). The van der Waals surface area contributed by atoms with E-state index in [1.54, 1.807) is 0 Å². The predicted octanol–water partition coefficient (Wildman–Crippen LogP) is -3.78. The number of hydrogen-bond acceptors (Lipinski definition) is 24. The van der Waals surface area contributed by atoms with Crippen molar-refractivity contribution in [2.75, 3.05) is 159 Å². The van der Waals surface area contributed by atoms with Gasteiger partial charge in [0.2, 0.25) is 0 Å². The molecule has 0 spiro atoms. The number of ether oxygens (including phenoxy) is 11. The van der Waals surface area contributed by atoms with E-state index in [2.05, 4.69) is 29.2 Å². The lowest BCUT2D eigenvalue weighted by molar-refractivity contribution is -0.149. The van der Waals surface area contributed by atoms with Gasteiger partial charge in [0, 0.05) is 26.2 Å². The summed E-state index contributed by atoms with van der Waals surface area (Å²) in [5, 5.41) is 117. The highest BCUT2D eigenvalue weighted by atomic mass is 16.6. The minimum atomic E-state index is -1.13. The number of hydrogen-bond donors (Lipinski definition) is 12. The standard InChI is InChI=1S/C50H87NO23/c52-16-40(63)27-65-42(18-54)29-67-44(20-56)31-69-46(22-58)33-71-48(24-60)35-73-50(26-62)37-74-49(25-61)36-72-47(23-59)34-70-45(21-57)32-68-43(19-55)30-66-41(17-53)28-64-13-7-12-51(14-38-8-3-1-4-9-38)15-39-10-5-2-6-11-39/h1-6,8-11,40-50,52-63H,7,12-37H2. The monoisotopic (exact) mass is 1070 g/mol. The van der Waals surface area contributed by atoms with Crippen molar-refractivity contribution in [3.63, 3.8) is 0 Å². The fourth-order valence-electron chi connectivity index (χ4n) is 6.53. The van der Waals surface area contributed by atoms with E-state index < -0.39 is 133 Å². The molecule has 12 N–H and O–H groups in total. The van der Waals surface area contributed by atoms with Crippen molar-refractivity contribution in [2.45, 2.75) is 86.7 Å². The largest absolute Gasteiger partial charge is 0.394 e. The molecule has 11 atom stereocenters. The minimum absolute atomic E-state index is 0.0752. The summed E-state index contributed by atoms with van der Waals surface area (Å²) in [7, 11) is 0. The first-order valence-electron chi connectivity index (χ1n) is 25.0. The van der Waals surface area contributed by atoms with Gasteiger partial charge < -0.3 is 113 Å². The highest BCUT2D eigenvalue weighted by Crippen LogP contribution is 2.12. The van der Waals surface area contributed by atoms with Gasteiger partial charge in [-0.25, -0.2) is 0 Å². The maximum atomic E-state index is 9.94. The molecule has 0 saturated carbocycles. The van der Waals surface area contributed by atoms with Gasteiger partial charge in [-0.15, -0.1) is 0 Å². The van der Waals surface area contributed by atoms with Crippen LogP contribution in [-0.4, -0.2) is 292 Å². The van der Waals surface area contributed by atoms with E-state index in [1.165, 1.54) is 11.1 Å². The normalized spacial score (nSPS) is 16.6. The second kappa shape index (κ2) is 44.5. The van der Waals surface area contributed by atoms with Crippen LogP contribution >= 0.6 is 0 Å². The van der Waals surface area contributed by atoms with Crippen LogP contribution in [0.15, 0.2) is 60.7 Å². The van der Waals surface area contributed by atoms with Crippen LogP contribution in [0.5, 0.6) is 0 Å². The van der Waals surface area contributed by atoms with E-state index in [1.807, 2.05) is 36.4 Å². The first kappa shape index (κ1) is 67.6. The molecule has 0 amide bonds. The number of nitrogens with zero attached hydrogens (tertiary/aromatic N) is 1. The van der Waals surface area contributed by atoms with E-state index in [9.17, 15) is 56.2 Å². The second-order valence-electron chi connectivity index (χ2n) is 17.3. The average molecular weight is 1070 g/mol. The van der Waals surface area contributed by atoms with Crippen molar-refractivity contribution < 1.29 is 113 Å². The Morgan fingerprint density at radius 1 is 0.311 bits per heavy atom. The fraction of sp³-hybridized carbons (Fsp3) is 0.760. The molecule has 0 aliphatic heterocycles. The van der Waals surface area contributed by atoms with Gasteiger partial charge in [0.15, 0.2) is 0 Å². The second-order valence-corrected chi connectivity index (χ2v) is 17.3. The van der Waals surface area contributed by atoms with E-state index in [-0.39, 0.29) is 79.3 Å². The maximum absolute atomic E-state index is 9.94. The SMILES string of the molecule is OCC(O)COC(CO)COC(CO)COC(CO)COC(CO)COC(CO)COC(CO)COC(CO)COC(CO)COC(CO)COC(CO)COCCCN(Cc1ccccc1)Cc1ccccc1. The number of benzene rings is 2. The highest BCUT2D eigenvalue weighted by Gasteiger charge is 2.23. The molecule has 2 aromatic rings. The molecule has 0 saturated heterocycles. The smallest absolute Gasteiger partial charge is 0.104 e. The Morgan fingerprint density at radius 3 is 0.797 bits per heavy atom. The van der Waals surface area contributed by atoms with Gasteiger partial charge in [0.05, 0.1) is 145 Å². The van der Waals surface area contributed by atoms with Crippen LogP contribution in [0.4, 0.5) is 0 Å². The summed E-state index contributed by atoms with van der Waals surface area (Å²) in [5.74, 6) is 0. The molecular weight excluding hydrogens is 983 g/mol. The molecule has 0 heterocycles. The Balaban J connectivity index is 1.69. The van der Waals surface area contributed by atoms with Crippen LogP contribution in [0.3, 0.4) is 0 Å². The summed E-state index contributed by atoms with van der Waals surface area (Å²) >= 11 is 0. The first-order valence-corrected chi connectivity index (χ1v) is 25.0. The lowest BCUT2D eigenvalue weighted by Crippen LogP contribution is -2.38. The Kier molecular flexibility index (Phi) is 40.6. The lowest BCUT2D eigenvalue weighted by atomic mass is 10.1. The summed E-state index contributed by atoms with van der Waals surface area (Å²) in [6.45, 7) is -4.02. The zero-order valence-corrected chi connectivity index (χ0v) is 42.5. The van der Waals surface area contributed by atoms with Gasteiger partial charge in [0.25, 0.3) is 0 Å². The average Bonchev–Trinajstić information content (AvgIpc) is 3.44. The first-order chi connectivity index (χ1) is 36.1. The number of aliphatic hydroxyl groups is 12. The Labute approximate surface area is 434 Å². The zero-order valence-electron chi connectivity index (χ0n) is 42.5. The fourth-order valence-corrected chi connectivity index (χ4v) is 6.53. The van der Waals surface area contributed by atoms with E-state index in [4.69, 9.17) is 57.2 Å². The quantitative estimate of drug-likeness (QED) is 0.0283. The predicted molar refractivity (Wildman–Crippen MR) is 264 cm³/mol.